The Balaban J connectivity index is 3.54. The SMILES string of the molecule is COC(=O)c1ccc(S(C)(=O)=O)c(CBr)c1Cl. The van der Waals surface area contributed by atoms with Gasteiger partial charge in [0.05, 0.1) is 22.6 Å². The van der Waals surface area contributed by atoms with E-state index in [2.05, 4.69) is 20.7 Å². The highest BCUT2D eigenvalue weighted by Gasteiger charge is 2.21. The van der Waals surface area contributed by atoms with Gasteiger partial charge in [-0.3, -0.25) is 0 Å². The average molecular weight is 342 g/mol. The molecule has 0 spiro atoms. The van der Waals surface area contributed by atoms with Gasteiger partial charge in [0, 0.05) is 17.1 Å². The van der Waals surface area contributed by atoms with Gasteiger partial charge in [0.25, 0.3) is 0 Å². The first-order valence-electron chi connectivity index (χ1n) is 4.48. The molecule has 0 unspecified atom stereocenters. The molecule has 0 saturated heterocycles. The van der Waals surface area contributed by atoms with Crippen molar-refractivity contribution in [1.82, 2.24) is 0 Å². The molecule has 0 saturated carbocycles. The summed E-state index contributed by atoms with van der Waals surface area (Å²) in [6, 6.07) is 2.70. The third-order valence-corrected chi connectivity index (χ3v) is 4.31. The van der Waals surface area contributed by atoms with Crippen LogP contribution in [0.4, 0.5) is 0 Å². The highest BCUT2D eigenvalue weighted by atomic mass is 79.9. The monoisotopic (exact) mass is 340 g/mol. The first-order valence-corrected chi connectivity index (χ1v) is 7.87. The molecule has 1 aromatic carbocycles. The number of hydrogen-bond donors (Lipinski definition) is 0. The van der Waals surface area contributed by atoms with E-state index in [1.807, 2.05) is 0 Å². The van der Waals surface area contributed by atoms with E-state index in [-0.39, 0.29) is 20.8 Å². The van der Waals surface area contributed by atoms with E-state index in [1.54, 1.807) is 0 Å². The lowest BCUT2D eigenvalue weighted by Crippen LogP contribution is -2.08. The molecule has 0 amide bonds. The third kappa shape index (κ3) is 3.00. The van der Waals surface area contributed by atoms with Gasteiger partial charge in [-0.2, -0.15) is 0 Å². The van der Waals surface area contributed by atoms with Crippen molar-refractivity contribution in [3.63, 3.8) is 0 Å². The van der Waals surface area contributed by atoms with Crippen LogP contribution in [0.2, 0.25) is 5.02 Å². The number of alkyl halides is 1. The Bertz CT molecular complexity index is 554. The maximum Gasteiger partial charge on any atom is 0.339 e. The molecule has 0 atom stereocenters. The average Bonchev–Trinajstić information content (AvgIpc) is 2.26. The molecule has 17 heavy (non-hydrogen) atoms. The maximum atomic E-state index is 11.5. The van der Waals surface area contributed by atoms with E-state index in [0.717, 1.165) is 6.26 Å². The van der Waals surface area contributed by atoms with Crippen molar-refractivity contribution in [2.45, 2.75) is 10.2 Å². The summed E-state index contributed by atoms with van der Waals surface area (Å²) in [6.45, 7) is 0. The Morgan fingerprint density at radius 2 is 2.06 bits per heavy atom. The Morgan fingerprint density at radius 3 is 2.47 bits per heavy atom. The molecule has 0 aliphatic carbocycles. The fourth-order valence-electron chi connectivity index (χ4n) is 1.34. The lowest BCUT2D eigenvalue weighted by Gasteiger charge is -2.10. The summed E-state index contributed by atoms with van der Waals surface area (Å²) < 4.78 is 27.6. The summed E-state index contributed by atoms with van der Waals surface area (Å²) in [5.41, 5.74) is 0.507. The van der Waals surface area contributed by atoms with E-state index in [1.165, 1.54) is 19.2 Å². The number of methoxy groups -OCH3 is 1. The van der Waals surface area contributed by atoms with Crippen molar-refractivity contribution < 1.29 is 17.9 Å². The molecule has 0 aliphatic heterocycles. The maximum absolute atomic E-state index is 11.5. The number of sulfone groups is 1. The molecule has 4 nitrogen and oxygen atoms in total. The van der Waals surface area contributed by atoms with Crippen LogP contribution in [-0.2, 0) is 19.9 Å². The smallest absolute Gasteiger partial charge is 0.339 e. The molecule has 0 aromatic heterocycles. The summed E-state index contributed by atoms with van der Waals surface area (Å²) in [4.78, 5) is 11.5. The van der Waals surface area contributed by atoms with Crippen LogP contribution in [0.25, 0.3) is 0 Å². The highest BCUT2D eigenvalue weighted by Crippen LogP contribution is 2.30. The zero-order valence-electron chi connectivity index (χ0n) is 9.16. The topological polar surface area (TPSA) is 60.4 Å². The number of benzene rings is 1. The third-order valence-electron chi connectivity index (χ3n) is 2.14. The molecule has 0 heterocycles. The number of ether oxygens (including phenoxy) is 1. The second kappa shape index (κ2) is 5.37. The lowest BCUT2D eigenvalue weighted by molar-refractivity contribution is 0.0600. The summed E-state index contributed by atoms with van der Waals surface area (Å²) >= 11 is 9.15. The summed E-state index contributed by atoms with van der Waals surface area (Å²) in [6.07, 6.45) is 1.09. The number of rotatable bonds is 3. The highest BCUT2D eigenvalue weighted by molar-refractivity contribution is 9.08. The van der Waals surface area contributed by atoms with Crippen LogP contribution in [0.15, 0.2) is 17.0 Å². The molecule has 94 valence electrons. The fourth-order valence-corrected chi connectivity index (χ4v) is 3.57. The Kier molecular flexibility index (Phi) is 4.57. The van der Waals surface area contributed by atoms with Gasteiger partial charge in [-0.25, -0.2) is 13.2 Å². The molecule has 7 heteroatoms. The predicted octanol–water partition coefficient (Wildman–Crippen LogP) is 2.43. The van der Waals surface area contributed by atoms with E-state index in [4.69, 9.17) is 11.6 Å². The summed E-state index contributed by atoms with van der Waals surface area (Å²) in [5, 5.41) is 0.329. The zero-order valence-corrected chi connectivity index (χ0v) is 12.3. The van der Waals surface area contributed by atoms with Crippen LogP contribution in [0.1, 0.15) is 15.9 Å². The van der Waals surface area contributed by atoms with Crippen molar-refractivity contribution in [2.24, 2.45) is 0 Å². The Labute approximate surface area is 113 Å². The fraction of sp³-hybridized carbons (Fsp3) is 0.300. The van der Waals surface area contributed by atoms with Crippen LogP contribution < -0.4 is 0 Å². The molecular formula is C10H10BrClO4S. The van der Waals surface area contributed by atoms with Gasteiger partial charge in [-0.1, -0.05) is 27.5 Å². The molecule has 0 aliphatic rings. The lowest BCUT2D eigenvalue weighted by atomic mass is 10.1. The first-order chi connectivity index (χ1) is 7.82. The van der Waals surface area contributed by atoms with Crippen molar-refractivity contribution >= 4 is 43.3 Å². The summed E-state index contributed by atoms with van der Waals surface area (Å²) in [7, 11) is -2.15. The van der Waals surface area contributed by atoms with E-state index >= 15 is 0 Å². The number of esters is 1. The van der Waals surface area contributed by atoms with Gasteiger partial charge in [-0.15, -0.1) is 0 Å². The second-order valence-electron chi connectivity index (χ2n) is 3.30. The van der Waals surface area contributed by atoms with Crippen LogP contribution in [0.3, 0.4) is 0 Å². The molecule has 0 fully saturated rings. The number of carbonyl (C=O) groups is 1. The van der Waals surface area contributed by atoms with Gasteiger partial charge in [0.15, 0.2) is 9.84 Å². The van der Waals surface area contributed by atoms with Crippen LogP contribution in [0, 0.1) is 0 Å². The Morgan fingerprint density at radius 1 is 1.47 bits per heavy atom. The number of hydrogen-bond acceptors (Lipinski definition) is 4. The number of carbonyl (C=O) groups excluding carboxylic acids is 1. The van der Waals surface area contributed by atoms with Crippen LogP contribution in [-0.4, -0.2) is 27.8 Å². The minimum Gasteiger partial charge on any atom is -0.465 e. The zero-order chi connectivity index (χ0) is 13.2. The molecule has 0 radical (unpaired) electrons. The molecular weight excluding hydrogens is 332 g/mol. The normalized spacial score (nSPS) is 11.3. The predicted molar refractivity (Wildman–Crippen MR) is 68.5 cm³/mol. The molecule has 0 N–H and O–H groups in total. The minimum atomic E-state index is -3.38. The summed E-state index contributed by atoms with van der Waals surface area (Å²) in [5.74, 6) is -0.600. The van der Waals surface area contributed by atoms with Crippen molar-refractivity contribution in [3.05, 3.63) is 28.3 Å². The van der Waals surface area contributed by atoms with Gasteiger partial charge < -0.3 is 4.74 Å². The van der Waals surface area contributed by atoms with Gasteiger partial charge in [0.1, 0.15) is 0 Å². The van der Waals surface area contributed by atoms with E-state index < -0.39 is 15.8 Å². The van der Waals surface area contributed by atoms with E-state index in [9.17, 15) is 13.2 Å². The van der Waals surface area contributed by atoms with Gasteiger partial charge in [-0.05, 0) is 12.1 Å². The molecule has 1 rings (SSSR count). The minimum absolute atomic E-state index is 0.0941. The molecule has 0 bridgehead atoms. The first kappa shape index (κ1) is 14.5. The van der Waals surface area contributed by atoms with Crippen molar-refractivity contribution in [2.75, 3.05) is 13.4 Å². The van der Waals surface area contributed by atoms with E-state index in [0.29, 0.717) is 5.56 Å². The van der Waals surface area contributed by atoms with Gasteiger partial charge >= 0.3 is 5.97 Å². The van der Waals surface area contributed by atoms with Crippen molar-refractivity contribution in [3.8, 4) is 0 Å². The van der Waals surface area contributed by atoms with Crippen molar-refractivity contribution in [1.29, 1.82) is 0 Å². The standard InChI is InChI=1S/C10H10BrClO4S/c1-16-10(13)6-3-4-8(17(2,14)15)7(5-11)9(6)12/h3-4H,5H2,1-2H3. The van der Waals surface area contributed by atoms with Crippen LogP contribution >= 0.6 is 27.5 Å². The Hall–Kier alpha value is -0.590. The number of halogens is 2. The van der Waals surface area contributed by atoms with Gasteiger partial charge in [0.2, 0.25) is 0 Å². The largest absolute Gasteiger partial charge is 0.465 e. The second-order valence-corrected chi connectivity index (χ2v) is 6.22. The van der Waals surface area contributed by atoms with Crippen LogP contribution in [0.5, 0.6) is 0 Å². The quantitative estimate of drug-likeness (QED) is 0.626. The molecule has 1 aromatic rings.